The molecule has 0 bridgehead atoms. The fraction of sp³-hybridized carbons (Fsp3) is 0.949. The number of carbonyl (C=O) groups is 4. The van der Waals surface area contributed by atoms with Gasteiger partial charge >= 0.3 is 39.5 Å². The Morgan fingerprint density at radius 3 is 0.694 bits per heavy atom. The number of hydrogen-bond acceptors (Lipinski definition) is 15. The maximum absolute atomic E-state index is 13.1. The predicted octanol–water partition coefficient (Wildman–Crippen LogP) is 23.5. The van der Waals surface area contributed by atoms with E-state index >= 15 is 0 Å². The van der Waals surface area contributed by atoms with Crippen LogP contribution in [0.2, 0.25) is 0 Å². The highest BCUT2D eigenvalue weighted by Gasteiger charge is 2.30. The van der Waals surface area contributed by atoms with Crippen LogP contribution in [0, 0.1) is 11.8 Å². The van der Waals surface area contributed by atoms with E-state index in [1.54, 1.807) is 0 Å². The van der Waals surface area contributed by atoms with E-state index < -0.39 is 97.5 Å². The minimum absolute atomic E-state index is 0.107. The van der Waals surface area contributed by atoms with E-state index in [0.717, 1.165) is 102 Å². The Hall–Kier alpha value is -1.94. The molecule has 3 N–H and O–H groups in total. The Morgan fingerprint density at radius 2 is 0.469 bits per heavy atom. The van der Waals surface area contributed by atoms with Crippen molar-refractivity contribution < 1.29 is 80.2 Å². The number of hydrogen-bond donors (Lipinski definition) is 3. The molecule has 0 aromatic rings. The third-order valence-corrected chi connectivity index (χ3v) is 20.4. The van der Waals surface area contributed by atoms with Crippen LogP contribution in [0.25, 0.3) is 0 Å². The van der Waals surface area contributed by atoms with E-state index in [1.807, 2.05) is 0 Å². The van der Waals surface area contributed by atoms with E-state index in [4.69, 9.17) is 37.0 Å². The van der Waals surface area contributed by atoms with Crippen LogP contribution in [0.4, 0.5) is 0 Å². The molecule has 19 heteroatoms. The number of ether oxygens (including phenoxy) is 4. The van der Waals surface area contributed by atoms with E-state index in [0.29, 0.717) is 25.7 Å². The van der Waals surface area contributed by atoms with Gasteiger partial charge in [0.15, 0.2) is 12.2 Å². The van der Waals surface area contributed by atoms with Crippen LogP contribution in [-0.2, 0) is 65.4 Å². The van der Waals surface area contributed by atoms with Gasteiger partial charge in [-0.25, -0.2) is 9.13 Å². The summed E-state index contributed by atoms with van der Waals surface area (Å²) in [5.41, 5.74) is 0. The molecule has 98 heavy (non-hydrogen) atoms. The van der Waals surface area contributed by atoms with Crippen molar-refractivity contribution in [3.63, 3.8) is 0 Å². The molecule has 582 valence electrons. The van der Waals surface area contributed by atoms with Gasteiger partial charge in [0.05, 0.1) is 26.4 Å². The molecule has 0 aliphatic carbocycles. The van der Waals surface area contributed by atoms with Crippen molar-refractivity contribution in [3.8, 4) is 0 Å². The molecule has 0 spiro atoms. The molecule has 0 rings (SSSR count). The fourth-order valence-electron chi connectivity index (χ4n) is 12.2. The predicted molar refractivity (Wildman–Crippen MR) is 400 cm³/mol. The Morgan fingerprint density at radius 1 is 0.276 bits per heavy atom. The monoisotopic (exact) mass is 1440 g/mol. The van der Waals surface area contributed by atoms with Gasteiger partial charge in [-0.1, -0.05) is 363 Å². The molecule has 17 nitrogen and oxygen atoms in total. The first-order valence-corrected chi connectivity index (χ1v) is 44.0. The Kier molecular flexibility index (Phi) is 69.3. The molecule has 0 aromatic heterocycles. The lowest BCUT2D eigenvalue weighted by Gasteiger charge is -2.21. The van der Waals surface area contributed by atoms with Crippen molar-refractivity contribution in [1.82, 2.24) is 0 Å². The van der Waals surface area contributed by atoms with Gasteiger partial charge in [0.2, 0.25) is 0 Å². The van der Waals surface area contributed by atoms with Gasteiger partial charge in [-0.3, -0.25) is 37.3 Å². The first-order chi connectivity index (χ1) is 47.4. The van der Waals surface area contributed by atoms with Crippen molar-refractivity contribution >= 4 is 39.5 Å². The van der Waals surface area contributed by atoms with Gasteiger partial charge in [0, 0.05) is 25.7 Å². The molecule has 2 unspecified atom stereocenters. The lowest BCUT2D eigenvalue weighted by atomic mass is 10.0. The number of aliphatic hydroxyl groups excluding tert-OH is 1. The van der Waals surface area contributed by atoms with Crippen molar-refractivity contribution in [2.24, 2.45) is 11.8 Å². The van der Waals surface area contributed by atoms with Gasteiger partial charge in [-0.2, -0.15) is 0 Å². The lowest BCUT2D eigenvalue weighted by Crippen LogP contribution is -2.30. The normalized spacial score (nSPS) is 13.9. The zero-order valence-electron chi connectivity index (χ0n) is 64.1. The SMILES string of the molecule is CCCCCCCCCCCCCCCCCC(=O)OC[C@H](COP(=O)(O)OC[C@@H](O)COP(=O)(O)OC[C@@H](COC(=O)CCCCCCCCCCCCCCC)OC(=O)CCCCCCCCCCCCC(C)C)OC(=O)CCCCCCCCCCCCCCCCC(C)C. The van der Waals surface area contributed by atoms with Crippen molar-refractivity contribution in [3.05, 3.63) is 0 Å². The number of phosphoric ester groups is 2. The molecule has 0 radical (unpaired) electrons. The summed E-state index contributed by atoms with van der Waals surface area (Å²) in [5, 5.41) is 10.6. The average Bonchev–Trinajstić information content (AvgIpc) is 1.02. The van der Waals surface area contributed by atoms with Gasteiger partial charge in [-0.15, -0.1) is 0 Å². The number of aliphatic hydroxyl groups is 1. The van der Waals surface area contributed by atoms with Crippen LogP contribution < -0.4 is 0 Å². The fourth-order valence-corrected chi connectivity index (χ4v) is 13.8. The highest BCUT2D eigenvalue weighted by Crippen LogP contribution is 2.45. The second kappa shape index (κ2) is 70.7. The standard InChI is InChI=1S/C79H154O17P2/c1-7-9-11-13-15-17-19-21-22-27-31-38-44-50-56-62-77(82)90-67-74(95-78(83)63-57-51-45-39-32-28-24-23-26-29-35-41-47-53-59-71(3)4)69-93-97(85,86)91-65-73(80)66-92-98(87,88)94-70-75(96-79(84)64-58-52-46-40-34-33-36-42-48-54-60-72(5)6)68-89-76(81)61-55-49-43-37-30-25-20-18-16-14-12-10-8-2/h71-75,80H,7-70H2,1-6H3,(H,85,86)(H,87,88)/t73-,74-,75-/m1/s1. The summed E-state index contributed by atoms with van der Waals surface area (Å²) in [6, 6.07) is 0. The van der Waals surface area contributed by atoms with Crippen molar-refractivity contribution in [2.75, 3.05) is 39.6 Å². The zero-order valence-corrected chi connectivity index (χ0v) is 65.9. The highest BCUT2D eigenvalue weighted by molar-refractivity contribution is 7.47. The molecule has 5 atom stereocenters. The number of esters is 4. The number of carbonyl (C=O) groups excluding carboxylic acids is 4. The van der Waals surface area contributed by atoms with Crippen LogP contribution in [-0.4, -0.2) is 96.7 Å². The number of rotatable bonds is 78. The summed E-state index contributed by atoms with van der Waals surface area (Å²) >= 11 is 0. The maximum Gasteiger partial charge on any atom is 0.472 e. The van der Waals surface area contributed by atoms with Crippen LogP contribution in [0.1, 0.15) is 414 Å². The molecule has 0 amide bonds. The van der Waals surface area contributed by atoms with E-state index in [2.05, 4.69) is 41.5 Å². The summed E-state index contributed by atoms with van der Waals surface area (Å²) in [7, 11) is -9.92. The summed E-state index contributed by atoms with van der Waals surface area (Å²) in [6.07, 6.45) is 59.5. The van der Waals surface area contributed by atoms with Gasteiger partial charge in [0.1, 0.15) is 19.3 Å². The molecular formula is C79H154O17P2. The third kappa shape index (κ3) is 72.4. The average molecular weight is 1440 g/mol. The molecule has 0 aromatic carbocycles. The van der Waals surface area contributed by atoms with Crippen LogP contribution in [0.15, 0.2) is 0 Å². The summed E-state index contributed by atoms with van der Waals surface area (Å²) in [6.45, 7) is 9.64. The van der Waals surface area contributed by atoms with E-state index in [9.17, 15) is 43.2 Å². The Bertz CT molecular complexity index is 1890. The minimum atomic E-state index is -4.96. The smallest absolute Gasteiger partial charge is 0.462 e. The van der Waals surface area contributed by atoms with E-state index in [1.165, 1.54) is 231 Å². The van der Waals surface area contributed by atoms with Crippen LogP contribution in [0.3, 0.4) is 0 Å². The molecule has 0 aliphatic heterocycles. The summed E-state index contributed by atoms with van der Waals surface area (Å²) in [4.78, 5) is 73.0. The second-order valence-corrected chi connectivity index (χ2v) is 32.3. The molecule has 0 saturated heterocycles. The summed E-state index contributed by atoms with van der Waals surface area (Å²) < 4.78 is 68.7. The largest absolute Gasteiger partial charge is 0.472 e. The molecule has 0 aliphatic rings. The number of phosphoric acid groups is 2. The zero-order chi connectivity index (χ0) is 72.1. The van der Waals surface area contributed by atoms with Crippen molar-refractivity contribution in [2.45, 2.75) is 432 Å². The number of unbranched alkanes of at least 4 members (excludes halogenated alkanes) is 48. The second-order valence-electron chi connectivity index (χ2n) is 29.4. The lowest BCUT2D eigenvalue weighted by molar-refractivity contribution is -0.161. The quantitative estimate of drug-likeness (QED) is 0.0222. The van der Waals surface area contributed by atoms with Gasteiger partial charge in [-0.05, 0) is 37.5 Å². The molecule has 0 heterocycles. The van der Waals surface area contributed by atoms with Crippen LogP contribution in [0.5, 0.6) is 0 Å². The van der Waals surface area contributed by atoms with Crippen molar-refractivity contribution in [1.29, 1.82) is 0 Å². The van der Waals surface area contributed by atoms with Gasteiger partial charge in [0.25, 0.3) is 0 Å². The topological polar surface area (TPSA) is 237 Å². The first-order valence-electron chi connectivity index (χ1n) is 41.0. The third-order valence-electron chi connectivity index (χ3n) is 18.5. The Balaban J connectivity index is 5.26. The minimum Gasteiger partial charge on any atom is -0.462 e. The summed E-state index contributed by atoms with van der Waals surface area (Å²) in [5.74, 6) is -0.561. The molecule has 0 saturated carbocycles. The maximum atomic E-state index is 13.1. The van der Waals surface area contributed by atoms with Gasteiger partial charge < -0.3 is 33.8 Å². The molecule has 0 fully saturated rings. The first kappa shape index (κ1) is 96.1. The van der Waals surface area contributed by atoms with Crippen LogP contribution >= 0.6 is 15.6 Å². The highest BCUT2D eigenvalue weighted by atomic mass is 31.2. The van der Waals surface area contributed by atoms with E-state index in [-0.39, 0.29) is 25.7 Å². The Labute approximate surface area is 600 Å². The molecular weight excluding hydrogens is 1280 g/mol.